The van der Waals surface area contributed by atoms with Gasteiger partial charge >= 0.3 is 0 Å². The number of benzene rings is 1. The number of tetrazole rings is 1. The molecule has 1 fully saturated rings. The second-order valence-electron chi connectivity index (χ2n) is 8.96. The van der Waals surface area contributed by atoms with Gasteiger partial charge in [-0.05, 0) is 60.9 Å². The average molecular weight is 539 g/mol. The molecule has 3 aromatic heterocycles. The zero-order valence-corrected chi connectivity index (χ0v) is 21.5. The van der Waals surface area contributed by atoms with Crippen molar-refractivity contribution in [3.63, 3.8) is 0 Å². The number of halogens is 1. The van der Waals surface area contributed by atoms with Crippen LogP contribution in [-0.2, 0) is 27.4 Å². The molecule has 1 aliphatic rings. The maximum Gasteiger partial charge on any atom is 0.250 e. The maximum atomic E-state index is 13.8. The first kappa shape index (κ1) is 25.7. The van der Waals surface area contributed by atoms with Crippen LogP contribution < -0.4 is 5.32 Å². The molecule has 1 aliphatic heterocycles. The fourth-order valence-corrected chi connectivity index (χ4v) is 4.49. The molecule has 0 aliphatic carbocycles. The molecule has 198 valence electrons. The number of carbonyl (C=O) groups excluding carboxylic acids is 2. The largest absolute Gasteiger partial charge is 0.467 e. The Balaban J connectivity index is 1.42. The zero-order valence-electron chi connectivity index (χ0n) is 20.7. The van der Waals surface area contributed by atoms with E-state index in [4.69, 9.17) is 25.2 Å². The molecule has 0 spiro atoms. The van der Waals surface area contributed by atoms with Crippen LogP contribution in [0.4, 0.5) is 0 Å². The van der Waals surface area contributed by atoms with E-state index in [1.54, 1.807) is 42.5 Å². The number of carbonyl (C=O) groups is 2. The summed E-state index contributed by atoms with van der Waals surface area (Å²) in [5, 5.41) is 15.7. The average Bonchev–Trinajstić information content (AvgIpc) is 3.72. The first-order valence-corrected chi connectivity index (χ1v) is 12.7. The van der Waals surface area contributed by atoms with Crippen molar-refractivity contribution in [2.75, 3.05) is 13.2 Å². The third kappa shape index (κ3) is 5.95. The molecule has 38 heavy (non-hydrogen) atoms. The molecular weight excluding hydrogens is 512 g/mol. The van der Waals surface area contributed by atoms with Crippen LogP contribution in [0, 0.1) is 6.92 Å². The van der Waals surface area contributed by atoms with Crippen molar-refractivity contribution < 1.29 is 23.2 Å². The molecule has 2 atom stereocenters. The lowest BCUT2D eigenvalue weighted by atomic mass is 10.1. The molecule has 1 saturated heterocycles. The van der Waals surface area contributed by atoms with Gasteiger partial charge in [-0.15, -0.1) is 10.2 Å². The van der Waals surface area contributed by atoms with E-state index in [1.165, 1.54) is 16.0 Å². The molecule has 1 aromatic carbocycles. The van der Waals surface area contributed by atoms with Gasteiger partial charge in [-0.2, -0.15) is 4.80 Å². The molecule has 12 heteroatoms. The number of ether oxygens (including phenoxy) is 1. The Morgan fingerprint density at radius 1 is 1.21 bits per heavy atom. The lowest BCUT2D eigenvalue weighted by Gasteiger charge is -2.30. The van der Waals surface area contributed by atoms with Gasteiger partial charge in [0.1, 0.15) is 18.1 Å². The standard InChI is InChI=1S/C26H27ClN6O5/c1-17-10-11-22(38-17)25-29-31-33(30-25)16-23(34)32(15-18-6-2-3-8-20(18)27)24(21-9-5-13-37-21)26(35)28-14-19-7-4-12-36-19/h2-3,5-6,8-11,13,19,24H,4,7,12,14-16H2,1H3,(H,28,35). The van der Waals surface area contributed by atoms with Gasteiger partial charge in [0.2, 0.25) is 11.7 Å². The minimum Gasteiger partial charge on any atom is -0.467 e. The van der Waals surface area contributed by atoms with Gasteiger partial charge < -0.3 is 23.8 Å². The van der Waals surface area contributed by atoms with Gasteiger partial charge in [-0.3, -0.25) is 9.59 Å². The van der Waals surface area contributed by atoms with E-state index in [2.05, 4.69) is 20.7 Å². The monoisotopic (exact) mass is 538 g/mol. The topological polar surface area (TPSA) is 129 Å². The highest BCUT2D eigenvalue weighted by Crippen LogP contribution is 2.27. The SMILES string of the molecule is Cc1ccc(-c2nnn(CC(=O)N(Cc3ccccc3Cl)C(C(=O)NCC3CCCO3)c3ccco3)n2)o1. The van der Waals surface area contributed by atoms with Crippen LogP contribution in [-0.4, -0.2) is 56.2 Å². The van der Waals surface area contributed by atoms with E-state index in [0.717, 1.165) is 12.8 Å². The van der Waals surface area contributed by atoms with E-state index in [9.17, 15) is 9.59 Å². The Labute approximate surface area is 223 Å². The van der Waals surface area contributed by atoms with E-state index < -0.39 is 17.9 Å². The van der Waals surface area contributed by atoms with Crippen molar-refractivity contribution in [2.45, 2.75) is 45.0 Å². The molecular formula is C26H27ClN6O5. The number of nitrogens with zero attached hydrogens (tertiary/aromatic N) is 5. The first-order valence-electron chi connectivity index (χ1n) is 12.3. The molecule has 11 nitrogen and oxygen atoms in total. The Morgan fingerprint density at radius 2 is 2.08 bits per heavy atom. The minimum atomic E-state index is -1.06. The third-order valence-electron chi connectivity index (χ3n) is 6.21. The van der Waals surface area contributed by atoms with E-state index in [1.807, 2.05) is 13.0 Å². The highest BCUT2D eigenvalue weighted by Gasteiger charge is 2.35. The summed E-state index contributed by atoms with van der Waals surface area (Å²) in [5.74, 6) is 0.881. The van der Waals surface area contributed by atoms with Crippen molar-refractivity contribution >= 4 is 23.4 Å². The molecule has 1 N–H and O–H groups in total. The van der Waals surface area contributed by atoms with Crippen LogP contribution in [0.5, 0.6) is 0 Å². The highest BCUT2D eigenvalue weighted by atomic mass is 35.5. The van der Waals surface area contributed by atoms with Gasteiger partial charge in [0, 0.05) is 24.7 Å². The Bertz CT molecular complexity index is 1380. The Hall–Kier alpha value is -3.96. The van der Waals surface area contributed by atoms with Crippen molar-refractivity contribution in [3.05, 3.63) is 76.9 Å². The Kier molecular flexibility index (Phi) is 7.85. The van der Waals surface area contributed by atoms with Crippen LogP contribution in [0.1, 0.15) is 36.0 Å². The number of furan rings is 2. The summed E-state index contributed by atoms with van der Waals surface area (Å²) in [6.45, 7) is 2.59. The van der Waals surface area contributed by atoms with Crippen molar-refractivity contribution in [1.82, 2.24) is 30.4 Å². The number of rotatable bonds is 10. The van der Waals surface area contributed by atoms with Gasteiger partial charge in [-0.1, -0.05) is 29.8 Å². The number of amides is 2. The van der Waals surface area contributed by atoms with E-state index in [-0.39, 0.29) is 25.0 Å². The van der Waals surface area contributed by atoms with Crippen LogP contribution in [0.2, 0.25) is 5.02 Å². The Morgan fingerprint density at radius 3 is 2.79 bits per heavy atom. The number of hydrogen-bond acceptors (Lipinski definition) is 8. The van der Waals surface area contributed by atoms with Crippen LogP contribution in [0.3, 0.4) is 0 Å². The van der Waals surface area contributed by atoms with E-state index in [0.29, 0.717) is 41.0 Å². The van der Waals surface area contributed by atoms with Gasteiger partial charge in [0.05, 0.1) is 12.4 Å². The molecule has 4 heterocycles. The normalized spacial score (nSPS) is 15.9. The zero-order chi connectivity index (χ0) is 26.5. The summed E-state index contributed by atoms with van der Waals surface area (Å²) in [6.07, 6.45) is 3.21. The van der Waals surface area contributed by atoms with Crippen LogP contribution in [0.25, 0.3) is 11.6 Å². The lowest BCUT2D eigenvalue weighted by Crippen LogP contribution is -2.46. The molecule has 4 aromatic rings. The third-order valence-corrected chi connectivity index (χ3v) is 6.58. The van der Waals surface area contributed by atoms with Gasteiger partial charge in [0.25, 0.3) is 5.91 Å². The van der Waals surface area contributed by atoms with Crippen LogP contribution in [0.15, 0.2) is 63.6 Å². The number of nitrogens with one attached hydrogen (secondary N) is 1. The molecule has 0 saturated carbocycles. The highest BCUT2D eigenvalue weighted by molar-refractivity contribution is 6.31. The van der Waals surface area contributed by atoms with Crippen molar-refractivity contribution in [2.24, 2.45) is 0 Å². The number of aryl methyl sites for hydroxylation is 1. The predicted octanol–water partition coefficient (Wildman–Crippen LogP) is 3.55. The molecule has 0 radical (unpaired) electrons. The molecule has 2 amide bonds. The van der Waals surface area contributed by atoms with Gasteiger partial charge in [-0.25, -0.2) is 0 Å². The molecule has 5 rings (SSSR count). The quantitative estimate of drug-likeness (QED) is 0.324. The number of aromatic nitrogens is 4. The second-order valence-corrected chi connectivity index (χ2v) is 9.37. The molecule has 2 unspecified atom stereocenters. The molecule has 0 bridgehead atoms. The van der Waals surface area contributed by atoms with Gasteiger partial charge in [0.15, 0.2) is 11.8 Å². The number of hydrogen-bond donors (Lipinski definition) is 1. The maximum absolute atomic E-state index is 13.8. The lowest BCUT2D eigenvalue weighted by molar-refractivity contribution is -0.143. The first-order chi connectivity index (χ1) is 18.5. The van der Waals surface area contributed by atoms with Crippen molar-refractivity contribution in [3.8, 4) is 11.6 Å². The fourth-order valence-electron chi connectivity index (χ4n) is 4.30. The second kappa shape index (κ2) is 11.6. The van der Waals surface area contributed by atoms with Crippen LogP contribution >= 0.6 is 11.6 Å². The smallest absolute Gasteiger partial charge is 0.250 e. The summed E-state index contributed by atoms with van der Waals surface area (Å²) in [6, 6.07) is 12.9. The minimum absolute atomic E-state index is 0.0517. The summed E-state index contributed by atoms with van der Waals surface area (Å²) in [4.78, 5) is 29.9. The summed E-state index contributed by atoms with van der Waals surface area (Å²) < 4.78 is 16.8. The predicted molar refractivity (Wildman–Crippen MR) is 136 cm³/mol. The summed E-state index contributed by atoms with van der Waals surface area (Å²) >= 11 is 6.43. The summed E-state index contributed by atoms with van der Waals surface area (Å²) in [7, 11) is 0. The van der Waals surface area contributed by atoms with Crippen molar-refractivity contribution in [1.29, 1.82) is 0 Å². The van der Waals surface area contributed by atoms with E-state index >= 15 is 0 Å². The fraction of sp³-hybridized carbons (Fsp3) is 0.346. The summed E-state index contributed by atoms with van der Waals surface area (Å²) in [5.41, 5.74) is 0.671.